The highest BCUT2D eigenvalue weighted by Gasteiger charge is 2.27. The van der Waals surface area contributed by atoms with Crippen LogP contribution >= 0.6 is 11.6 Å². The van der Waals surface area contributed by atoms with Gasteiger partial charge in [-0.25, -0.2) is 0 Å². The van der Waals surface area contributed by atoms with Gasteiger partial charge in [0.2, 0.25) is 0 Å². The minimum absolute atomic E-state index is 0.0553. The molecule has 18 heavy (non-hydrogen) atoms. The minimum Gasteiger partial charge on any atom is -0.426 e. The topological polar surface area (TPSA) is 26.3 Å². The molecule has 0 N–H and O–H groups in total. The highest BCUT2D eigenvalue weighted by Crippen LogP contribution is 2.38. The first kappa shape index (κ1) is 11.3. The molecule has 3 heteroatoms. The van der Waals surface area contributed by atoms with Crippen molar-refractivity contribution in [3.05, 3.63) is 64.7 Å². The Labute approximate surface area is 110 Å². The van der Waals surface area contributed by atoms with Crippen molar-refractivity contribution in [1.82, 2.24) is 0 Å². The first-order chi connectivity index (χ1) is 8.74. The van der Waals surface area contributed by atoms with Gasteiger partial charge in [-0.15, -0.1) is 0 Å². The molecule has 2 aromatic rings. The average Bonchev–Trinajstić information content (AvgIpc) is 2.38. The number of para-hydroxylation sites is 1. The molecule has 2 nitrogen and oxygen atoms in total. The van der Waals surface area contributed by atoms with Crippen molar-refractivity contribution in [3.63, 3.8) is 0 Å². The number of ether oxygens (including phenoxy) is 1. The molecule has 0 spiro atoms. The van der Waals surface area contributed by atoms with Crippen LogP contribution in [0.1, 0.15) is 23.5 Å². The molecule has 0 fully saturated rings. The summed E-state index contributed by atoms with van der Waals surface area (Å²) in [5.74, 6) is 0.530. The standard InChI is InChI=1S/C15H11ClO2/c16-11-7-5-10(6-8-11)13-9-15(17)18-14-4-2-1-3-12(13)14/h1-8,13H,9H2. The van der Waals surface area contributed by atoms with Gasteiger partial charge in [0.25, 0.3) is 0 Å². The summed E-state index contributed by atoms with van der Waals surface area (Å²) in [6.07, 6.45) is 0.374. The van der Waals surface area contributed by atoms with Crippen molar-refractivity contribution in [1.29, 1.82) is 0 Å². The van der Waals surface area contributed by atoms with Gasteiger partial charge in [0, 0.05) is 16.5 Å². The second-order valence-corrected chi connectivity index (χ2v) is 4.76. The third-order valence-electron chi connectivity index (χ3n) is 3.16. The lowest BCUT2D eigenvalue weighted by Gasteiger charge is -2.24. The summed E-state index contributed by atoms with van der Waals surface area (Å²) in [5, 5.41) is 0.699. The number of benzene rings is 2. The zero-order valence-electron chi connectivity index (χ0n) is 9.60. The molecule has 2 aromatic carbocycles. The third kappa shape index (κ3) is 2.00. The van der Waals surface area contributed by atoms with Crippen LogP contribution in [0.5, 0.6) is 5.75 Å². The maximum absolute atomic E-state index is 11.6. The van der Waals surface area contributed by atoms with E-state index in [0.717, 1.165) is 11.1 Å². The van der Waals surface area contributed by atoms with Gasteiger partial charge < -0.3 is 4.74 Å². The number of carbonyl (C=O) groups is 1. The highest BCUT2D eigenvalue weighted by molar-refractivity contribution is 6.30. The summed E-state index contributed by atoms with van der Waals surface area (Å²) in [4.78, 5) is 11.6. The van der Waals surface area contributed by atoms with Crippen LogP contribution in [0, 0.1) is 0 Å². The van der Waals surface area contributed by atoms with Crippen LogP contribution in [0.4, 0.5) is 0 Å². The van der Waals surface area contributed by atoms with Crippen LogP contribution in [0.2, 0.25) is 5.02 Å². The van der Waals surface area contributed by atoms with E-state index in [0.29, 0.717) is 17.2 Å². The zero-order chi connectivity index (χ0) is 12.5. The van der Waals surface area contributed by atoms with Crippen LogP contribution < -0.4 is 4.74 Å². The van der Waals surface area contributed by atoms with Crippen LogP contribution in [0.25, 0.3) is 0 Å². The van der Waals surface area contributed by atoms with Crippen molar-refractivity contribution >= 4 is 17.6 Å². The van der Waals surface area contributed by atoms with Gasteiger partial charge in [-0.3, -0.25) is 4.79 Å². The number of fused-ring (bicyclic) bond motifs is 1. The van der Waals surface area contributed by atoms with E-state index in [2.05, 4.69) is 0 Å². The zero-order valence-corrected chi connectivity index (χ0v) is 10.4. The molecular formula is C15H11ClO2. The monoisotopic (exact) mass is 258 g/mol. The summed E-state index contributed by atoms with van der Waals surface area (Å²) >= 11 is 5.89. The van der Waals surface area contributed by atoms with E-state index in [1.165, 1.54) is 0 Å². The Hall–Kier alpha value is -1.80. The average molecular weight is 259 g/mol. The summed E-state index contributed by atoms with van der Waals surface area (Å²) < 4.78 is 5.24. The van der Waals surface area contributed by atoms with Crippen LogP contribution in [-0.4, -0.2) is 5.97 Å². The molecular weight excluding hydrogens is 248 g/mol. The van der Waals surface area contributed by atoms with Crippen LogP contribution in [0.15, 0.2) is 48.5 Å². The SMILES string of the molecule is O=C1CC(c2ccc(Cl)cc2)c2ccccc2O1. The Morgan fingerprint density at radius 2 is 1.78 bits per heavy atom. The van der Waals surface area contributed by atoms with E-state index in [4.69, 9.17) is 16.3 Å². The Balaban J connectivity index is 2.07. The fourth-order valence-electron chi connectivity index (χ4n) is 2.29. The number of halogens is 1. The van der Waals surface area contributed by atoms with E-state index in [-0.39, 0.29) is 11.9 Å². The summed E-state index contributed by atoms with van der Waals surface area (Å²) in [6, 6.07) is 15.3. The molecule has 0 aliphatic carbocycles. The predicted octanol–water partition coefficient (Wildman–Crippen LogP) is 3.78. The third-order valence-corrected chi connectivity index (χ3v) is 3.41. The van der Waals surface area contributed by atoms with E-state index < -0.39 is 0 Å². The van der Waals surface area contributed by atoms with Crippen LogP contribution in [0.3, 0.4) is 0 Å². The molecule has 0 aromatic heterocycles. The minimum atomic E-state index is -0.186. The summed E-state index contributed by atoms with van der Waals surface area (Å²) in [6.45, 7) is 0. The second kappa shape index (κ2) is 4.46. The maximum atomic E-state index is 11.6. The second-order valence-electron chi connectivity index (χ2n) is 4.32. The first-order valence-electron chi connectivity index (χ1n) is 5.79. The summed E-state index contributed by atoms with van der Waals surface area (Å²) in [7, 11) is 0. The Kier molecular flexibility index (Phi) is 2.80. The Morgan fingerprint density at radius 1 is 1.06 bits per heavy atom. The lowest BCUT2D eigenvalue weighted by atomic mass is 9.86. The number of esters is 1. The molecule has 0 saturated heterocycles. The van der Waals surface area contributed by atoms with Crippen molar-refractivity contribution in [2.75, 3.05) is 0 Å². The summed E-state index contributed by atoms with van der Waals surface area (Å²) in [5.41, 5.74) is 2.14. The van der Waals surface area contributed by atoms with Crippen molar-refractivity contribution in [3.8, 4) is 5.75 Å². The molecule has 1 heterocycles. The van der Waals surface area contributed by atoms with Crippen molar-refractivity contribution in [2.24, 2.45) is 0 Å². The Bertz CT molecular complexity index is 590. The molecule has 0 saturated carbocycles. The molecule has 1 aliphatic heterocycles. The van der Waals surface area contributed by atoms with E-state index in [9.17, 15) is 4.79 Å². The molecule has 0 bridgehead atoms. The molecule has 0 amide bonds. The fraction of sp³-hybridized carbons (Fsp3) is 0.133. The number of carbonyl (C=O) groups excluding carboxylic acids is 1. The largest absolute Gasteiger partial charge is 0.426 e. The van der Waals surface area contributed by atoms with Gasteiger partial charge in [0.1, 0.15) is 5.75 Å². The van der Waals surface area contributed by atoms with Crippen molar-refractivity contribution in [2.45, 2.75) is 12.3 Å². The van der Waals surface area contributed by atoms with Gasteiger partial charge in [0.15, 0.2) is 0 Å². The van der Waals surface area contributed by atoms with Crippen molar-refractivity contribution < 1.29 is 9.53 Å². The maximum Gasteiger partial charge on any atom is 0.312 e. The first-order valence-corrected chi connectivity index (χ1v) is 6.17. The quantitative estimate of drug-likeness (QED) is 0.575. The van der Waals surface area contributed by atoms with Gasteiger partial charge in [-0.1, -0.05) is 41.9 Å². The number of hydrogen-bond donors (Lipinski definition) is 0. The van der Waals surface area contributed by atoms with Gasteiger partial charge >= 0.3 is 5.97 Å². The molecule has 1 unspecified atom stereocenters. The number of rotatable bonds is 1. The molecule has 0 radical (unpaired) electrons. The molecule has 1 atom stereocenters. The molecule has 90 valence electrons. The van der Waals surface area contributed by atoms with Gasteiger partial charge in [-0.05, 0) is 23.8 Å². The Morgan fingerprint density at radius 3 is 2.56 bits per heavy atom. The molecule has 1 aliphatic rings. The van der Waals surface area contributed by atoms with E-state index in [1.807, 2.05) is 48.5 Å². The normalized spacial score (nSPS) is 18.1. The fourth-order valence-corrected chi connectivity index (χ4v) is 2.42. The molecule has 3 rings (SSSR count). The van der Waals surface area contributed by atoms with Gasteiger partial charge in [0.05, 0.1) is 6.42 Å². The highest BCUT2D eigenvalue weighted by atomic mass is 35.5. The number of hydrogen-bond acceptors (Lipinski definition) is 2. The lowest BCUT2D eigenvalue weighted by molar-refractivity contribution is -0.135. The van der Waals surface area contributed by atoms with Gasteiger partial charge in [-0.2, -0.15) is 0 Å². The predicted molar refractivity (Wildman–Crippen MR) is 70.0 cm³/mol. The van der Waals surface area contributed by atoms with E-state index >= 15 is 0 Å². The van der Waals surface area contributed by atoms with Crippen LogP contribution in [-0.2, 0) is 4.79 Å². The van der Waals surface area contributed by atoms with E-state index in [1.54, 1.807) is 0 Å². The lowest BCUT2D eigenvalue weighted by Crippen LogP contribution is -2.20. The smallest absolute Gasteiger partial charge is 0.312 e.